The van der Waals surface area contributed by atoms with Gasteiger partial charge in [0.25, 0.3) is 0 Å². The third-order valence-corrected chi connectivity index (χ3v) is 1.81. The Kier molecular flexibility index (Phi) is 6.03. The van der Waals surface area contributed by atoms with E-state index in [1.807, 2.05) is 0 Å². The van der Waals surface area contributed by atoms with Crippen LogP contribution in [0.15, 0.2) is 0 Å². The van der Waals surface area contributed by atoms with Crippen molar-refractivity contribution in [2.75, 3.05) is 6.54 Å². The lowest BCUT2D eigenvalue weighted by atomic mass is 10.2. The van der Waals surface area contributed by atoms with Gasteiger partial charge >= 0.3 is 0 Å². The predicted molar refractivity (Wildman–Crippen MR) is 43.8 cm³/mol. The molecule has 0 aliphatic carbocycles. The van der Waals surface area contributed by atoms with Crippen molar-refractivity contribution in [1.82, 2.24) is 0 Å². The SMILES string of the molecule is CC(CCCN)[N+](ON)(ON)ON. The van der Waals surface area contributed by atoms with E-state index in [2.05, 4.69) is 14.8 Å². The second-order valence-electron chi connectivity index (χ2n) is 2.64. The zero-order valence-electron chi connectivity index (χ0n) is 7.68. The summed E-state index contributed by atoms with van der Waals surface area (Å²) in [5, 5.41) is 0. The van der Waals surface area contributed by atoms with Crippen LogP contribution in [0.5, 0.6) is 0 Å². The van der Waals surface area contributed by atoms with Crippen LogP contribution in [0.3, 0.4) is 0 Å². The number of hydrogen-bond donors (Lipinski definition) is 4. The van der Waals surface area contributed by atoms with Gasteiger partial charge in [0.1, 0.15) is 0 Å². The molecular formula is C5H18N5O3+. The molecule has 1 atom stereocenters. The Labute approximate surface area is 76.6 Å². The van der Waals surface area contributed by atoms with E-state index >= 15 is 0 Å². The second kappa shape index (κ2) is 6.18. The Morgan fingerprint density at radius 2 is 1.62 bits per heavy atom. The normalized spacial score (nSPS) is 14.5. The first-order valence-electron chi connectivity index (χ1n) is 3.91. The molecule has 13 heavy (non-hydrogen) atoms. The first-order chi connectivity index (χ1) is 6.16. The van der Waals surface area contributed by atoms with Gasteiger partial charge in [-0.2, -0.15) is 17.7 Å². The van der Waals surface area contributed by atoms with Crippen LogP contribution < -0.4 is 23.4 Å². The maximum atomic E-state index is 5.32. The van der Waals surface area contributed by atoms with E-state index in [-0.39, 0.29) is 6.04 Å². The van der Waals surface area contributed by atoms with Crippen LogP contribution in [0.2, 0.25) is 0 Å². The van der Waals surface area contributed by atoms with Crippen molar-refractivity contribution in [2.45, 2.75) is 25.8 Å². The molecule has 0 aromatic rings. The number of rotatable bonds is 7. The summed E-state index contributed by atoms with van der Waals surface area (Å²) in [4.78, 5) is 12.3. The molecule has 0 saturated carbocycles. The van der Waals surface area contributed by atoms with E-state index in [9.17, 15) is 0 Å². The average Bonchev–Trinajstić information content (AvgIpc) is 2.18. The minimum Gasteiger partial charge on any atom is -0.330 e. The second-order valence-corrected chi connectivity index (χ2v) is 2.64. The molecule has 0 fully saturated rings. The molecule has 0 radical (unpaired) electrons. The van der Waals surface area contributed by atoms with E-state index in [1.165, 1.54) is 0 Å². The standard InChI is InChI=1S/C5H18N5O3/c1-5(3-2-4-6)10(11-7,12-8)13-9/h5H,2-4,6-9H2,1H3/q+1. The van der Waals surface area contributed by atoms with Gasteiger partial charge in [-0.15, -0.1) is 0 Å². The Bertz CT molecular complexity index is 123. The van der Waals surface area contributed by atoms with Gasteiger partial charge in [0.15, 0.2) is 11.0 Å². The molecule has 80 valence electrons. The molecule has 1 unspecified atom stereocenters. The molecule has 8 nitrogen and oxygen atoms in total. The quantitative estimate of drug-likeness (QED) is 0.283. The molecule has 0 bridgehead atoms. The third kappa shape index (κ3) is 3.14. The summed E-state index contributed by atoms with van der Waals surface area (Å²) in [6.45, 7) is 2.30. The fourth-order valence-electron chi connectivity index (χ4n) is 0.958. The highest BCUT2D eigenvalue weighted by Crippen LogP contribution is 2.15. The Morgan fingerprint density at radius 3 is 1.92 bits per heavy atom. The van der Waals surface area contributed by atoms with Crippen molar-refractivity contribution in [3.63, 3.8) is 0 Å². The van der Waals surface area contributed by atoms with Crippen LogP contribution in [0.4, 0.5) is 0 Å². The summed E-state index contributed by atoms with van der Waals surface area (Å²) in [5.74, 6) is 14.8. The smallest absolute Gasteiger partial charge is 0.191 e. The molecule has 0 aromatic heterocycles. The van der Waals surface area contributed by atoms with Crippen molar-refractivity contribution >= 4 is 0 Å². The van der Waals surface area contributed by atoms with Gasteiger partial charge in [-0.1, -0.05) is 0 Å². The summed E-state index contributed by atoms with van der Waals surface area (Å²) < 4.78 is 0. The number of nitrogens with zero attached hydrogens (tertiary/aromatic N) is 1. The zero-order valence-corrected chi connectivity index (χ0v) is 7.68. The number of nitrogens with two attached hydrogens (primary N) is 4. The molecule has 0 aliphatic rings. The van der Waals surface area contributed by atoms with Crippen molar-refractivity contribution in [2.24, 2.45) is 23.4 Å². The highest BCUT2D eigenvalue weighted by molar-refractivity contribution is 4.47. The minimum atomic E-state index is -0.917. The molecule has 0 aliphatic heterocycles. The summed E-state index contributed by atoms with van der Waals surface area (Å²) in [6.07, 6.45) is 1.42. The van der Waals surface area contributed by atoms with Crippen LogP contribution >= 0.6 is 0 Å². The predicted octanol–water partition coefficient (Wildman–Crippen LogP) is -1.65. The van der Waals surface area contributed by atoms with Gasteiger partial charge in [-0.25, -0.2) is 0 Å². The van der Waals surface area contributed by atoms with Gasteiger partial charge in [-0.05, 0) is 34.7 Å². The Balaban J connectivity index is 4.17. The van der Waals surface area contributed by atoms with Gasteiger partial charge in [-0.3, -0.25) is 0 Å². The molecule has 8 heteroatoms. The minimum absolute atomic E-state index is 0.274. The maximum absolute atomic E-state index is 5.32. The summed E-state index contributed by atoms with van der Waals surface area (Å²) >= 11 is 0. The van der Waals surface area contributed by atoms with Crippen molar-refractivity contribution < 1.29 is 19.8 Å². The fraction of sp³-hybridized carbons (Fsp3) is 1.00. The molecule has 0 saturated heterocycles. The van der Waals surface area contributed by atoms with Crippen LogP contribution in [-0.4, -0.2) is 17.6 Å². The zero-order chi connectivity index (χ0) is 10.3. The highest BCUT2D eigenvalue weighted by atomic mass is 17.3. The van der Waals surface area contributed by atoms with Gasteiger partial charge in [0.2, 0.25) is 0 Å². The van der Waals surface area contributed by atoms with Gasteiger partial charge < -0.3 is 5.73 Å². The Morgan fingerprint density at radius 1 is 1.15 bits per heavy atom. The van der Waals surface area contributed by atoms with Crippen LogP contribution in [0, 0.1) is 0 Å². The highest BCUT2D eigenvalue weighted by Gasteiger charge is 2.41. The van der Waals surface area contributed by atoms with E-state index in [1.54, 1.807) is 6.92 Å². The van der Waals surface area contributed by atoms with Gasteiger partial charge in [0, 0.05) is 6.42 Å². The average molecular weight is 196 g/mol. The first kappa shape index (κ1) is 12.7. The van der Waals surface area contributed by atoms with Crippen molar-refractivity contribution in [3.05, 3.63) is 0 Å². The topological polar surface area (TPSA) is 132 Å². The first-order valence-corrected chi connectivity index (χ1v) is 3.91. The van der Waals surface area contributed by atoms with E-state index in [4.69, 9.17) is 23.4 Å². The number of quaternary nitrogens is 1. The van der Waals surface area contributed by atoms with Crippen molar-refractivity contribution in [1.29, 1.82) is 0 Å². The monoisotopic (exact) mass is 196 g/mol. The molecule has 0 aromatic carbocycles. The summed E-state index contributed by atoms with van der Waals surface area (Å²) in [6, 6.07) is -0.274. The molecule has 0 amide bonds. The Hall–Kier alpha value is -0.320. The summed E-state index contributed by atoms with van der Waals surface area (Å²) in [5.41, 5.74) is 5.32. The molecule has 8 N–H and O–H groups in total. The van der Waals surface area contributed by atoms with E-state index in [0.717, 1.165) is 6.42 Å². The molecule has 0 rings (SSSR count). The van der Waals surface area contributed by atoms with E-state index in [0.29, 0.717) is 13.0 Å². The molecule has 0 heterocycles. The number of hydrogen-bond acceptors (Lipinski definition) is 7. The van der Waals surface area contributed by atoms with Crippen LogP contribution in [-0.2, 0) is 14.8 Å². The lowest BCUT2D eigenvalue weighted by Crippen LogP contribution is -2.58. The van der Waals surface area contributed by atoms with Crippen LogP contribution in [0.1, 0.15) is 19.8 Å². The van der Waals surface area contributed by atoms with Gasteiger partial charge in [0.05, 0.1) is 0 Å². The van der Waals surface area contributed by atoms with E-state index < -0.39 is 4.97 Å². The largest absolute Gasteiger partial charge is 0.330 e. The number of hydroxylamine groups is 3. The van der Waals surface area contributed by atoms with Crippen molar-refractivity contribution in [3.8, 4) is 0 Å². The lowest BCUT2D eigenvalue weighted by molar-refractivity contribution is -1.38. The lowest BCUT2D eigenvalue weighted by Gasteiger charge is -2.26. The molecular weight excluding hydrogens is 178 g/mol. The summed E-state index contributed by atoms with van der Waals surface area (Å²) in [7, 11) is 0. The van der Waals surface area contributed by atoms with Crippen LogP contribution in [0.25, 0.3) is 0 Å². The third-order valence-electron chi connectivity index (χ3n) is 1.81. The molecule has 0 spiro atoms. The fourth-order valence-corrected chi connectivity index (χ4v) is 0.958. The maximum Gasteiger partial charge on any atom is 0.191 e.